The summed E-state index contributed by atoms with van der Waals surface area (Å²) in [5.41, 5.74) is 3.37. The predicted octanol–water partition coefficient (Wildman–Crippen LogP) is 3.23. The average Bonchev–Trinajstić information content (AvgIpc) is 3.09. The number of ether oxygens (including phenoxy) is 1. The minimum atomic E-state index is -3.24. The normalized spacial score (nSPS) is 12.8. The zero-order valence-electron chi connectivity index (χ0n) is 15.9. The Kier molecular flexibility index (Phi) is 6.28. The SMILES string of the molecule is CC(O)CCOCc1cc(-c2ccc(S(C)(=O)=O)cc2)n(-c2ccccc2)n1. The predicted molar refractivity (Wildman–Crippen MR) is 108 cm³/mol. The van der Waals surface area contributed by atoms with E-state index in [0.29, 0.717) is 19.6 Å². The van der Waals surface area contributed by atoms with Gasteiger partial charge in [-0.1, -0.05) is 30.3 Å². The topological polar surface area (TPSA) is 81.4 Å². The van der Waals surface area contributed by atoms with Crippen molar-refractivity contribution in [2.75, 3.05) is 12.9 Å². The van der Waals surface area contributed by atoms with E-state index in [9.17, 15) is 13.5 Å². The molecule has 7 heteroatoms. The minimum absolute atomic E-state index is 0.281. The average molecular weight is 401 g/mol. The van der Waals surface area contributed by atoms with Crippen LogP contribution in [0.5, 0.6) is 0 Å². The zero-order valence-corrected chi connectivity index (χ0v) is 16.8. The fourth-order valence-corrected chi connectivity index (χ4v) is 3.41. The molecule has 1 N–H and O–H groups in total. The molecule has 0 saturated carbocycles. The Morgan fingerprint density at radius 3 is 2.39 bits per heavy atom. The van der Waals surface area contributed by atoms with Crippen LogP contribution in [0, 0.1) is 0 Å². The van der Waals surface area contributed by atoms with Crippen LogP contribution in [0.3, 0.4) is 0 Å². The molecule has 3 rings (SSSR count). The van der Waals surface area contributed by atoms with Crippen molar-refractivity contribution in [3.63, 3.8) is 0 Å². The Bertz CT molecular complexity index is 1010. The van der Waals surface area contributed by atoms with Gasteiger partial charge in [-0.2, -0.15) is 5.10 Å². The molecule has 28 heavy (non-hydrogen) atoms. The molecule has 1 unspecified atom stereocenters. The molecule has 1 aromatic heterocycles. The number of aliphatic hydroxyl groups excluding tert-OH is 1. The van der Waals surface area contributed by atoms with E-state index in [1.807, 2.05) is 41.1 Å². The first-order valence-corrected chi connectivity index (χ1v) is 10.9. The molecule has 0 radical (unpaired) electrons. The molecule has 0 saturated heterocycles. The lowest BCUT2D eigenvalue weighted by atomic mass is 10.1. The Balaban J connectivity index is 1.92. The van der Waals surface area contributed by atoms with Gasteiger partial charge in [0.15, 0.2) is 9.84 Å². The monoisotopic (exact) mass is 400 g/mol. The van der Waals surface area contributed by atoms with E-state index < -0.39 is 15.9 Å². The molecular weight excluding hydrogens is 376 g/mol. The standard InChI is InChI=1S/C21H24N2O4S/c1-16(24)12-13-27-15-18-14-21(23(22-18)19-6-4-3-5-7-19)17-8-10-20(11-9-17)28(2,25)26/h3-11,14,16,24H,12-13,15H2,1-2H3. The third kappa shape index (κ3) is 5.07. The molecule has 0 aliphatic rings. The molecular formula is C21H24N2O4S. The summed E-state index contributed by atoms with van der Waals surface area (Å²) < 4.78 is 30.9. The number of sulfone groups is 1. The van der Waals surface area contributed by atoms with Gasteiger partial charge in [0.1, 0.15) is 0 Å². The van der Waals surface area contributed by atoms with Gasteiger partial charge in [0, 0.05) is 18.4 Å². The Morgan fingerprint density at radius 1 is 1.11 bits per heavy atom. The number of nitrogens with zero attached hydrogens (tertiary/aromatic N) is 2. The summed E-state index contributed by atoms with van der Waals surface area (Å²) in [6, 6.07) is 18.4. The maximum Gasteiger partial charge on any atom is 0.175 e. The van der Waals surface area contributed by atoms with Crippen molar-refractivity contribution < 1.29 is 18.3 Å². The lowest BCUT2D eigenvalue weighted by Gasteiger charge is -2.08. The van der Waals surface area contributed by atoms with Gasteiger partial charge in [0.25, 0.3) is 0 Å². The Hall–Kier alpha value is -2.48. The largest absolute Gasteiger partial charge is 0.393 e. The van der Waals surface area contributed by atoms with E-state index in [1.165, 1.54) is 6.26 Å². The van der Waals surface area contributed by atoms with E-state index >= 15 is 0 Å². The second kappa shape index (κ2) is 8.68. The molecule has 6 nitrogen and oxygen atoms in total. The summed E-state index contributed by atoms with van der Waals surface area (Å²) in [7, 11) is -3.24. The molecule has 0 aliphatic heterocycles. The highest BCUT2D eigenvalue weighted by atomic mass is 32.2. The summed E-state index contributed by atoms with van der Waals surface area (Å²) in [5, 5.41) is 14.0. The number of aliphatic hydroxyl groups is 1. The number of benzene rings is 2. The van der Waals surface area contributed by atoms with E-state index in [2.05, 4.69) is 5.10 Å². The van der Waals surface area contributed by atoms with Gasteiger partial charge in [-0.3, -0.25) is 0 Å². The number of aromatic nitrogens is 2. The van der Waals surface area contributed by atoms with Crippen molar-refractivity contribution in [3.05, 3.63) is 66.4 Å². The molecule has 1 heterocycles. The number of hydrogen-bond acceptors (Lipinski definition) is 5. The molecule has 3 aromatic rings. The van der Waals surface area contributed by atoms with Gasteiger partial charge < -0.3 is 9.84 Å². The quantitative estimate of drug-likeness (QED) is 0.587. The van der Waals surface area contributed by atoms with Crippen LogP contribution < -0.4 is 0 Å². The lowest BCUT2D eigenvalue weighted by molar-refractivity contribution is 0.0783. The van der Waals surface area contributed by atoms with Crippen LogP contribution in [0.25, 0.3) is 16.9 Å². The summed E-state index contributed by atoms with van der Waals surface area (Å²) in [6.07, 6.45) is 1.36. The van der Waals surface area contributed by atoms with Crippen molar-refractivity contribution in [2.24, 2.45) is 0 Å². The fraction of sp³-hybridized carbons (Fsp3) is 0.286. The van der Waals surface area contributed by atoms with Crippen LogP contribution in [0.4, 0.5) is 0 Å². The first-order chi connectivity index (χ1) is 13.3. The Morgan fingerprint density at radius 2 is 1.79 bits per heavy atom. The number of rotatable bonds is 8. The summed E-state index contributed by atoms with van der Waals surface area (Å²) in [5.74, 6) is 0. The highest BCUT2D eigenvalue weighted by molar-refractivity contribution is 7.90. The van der Waals surface area contributed by atoms with Gasteiger partial charge in [-0.05, 0) is 43.7 Å². The van der Waals surface area contributed by atoms with Crippen molar-refractivity contribution in [2.45, 2.75) is 31.0 Å². The molecule has 0 amide bonds. The van der Waals surface area contributed by atoms with Crippen LogP contribution >= 0.6 is 0 Å². The van der Waals surface area contributed by atoms with Gasteiger partial charge >= 0.3 is 0 Å². The highest BCUT2D eigenvalue weighted by Gasteiger charge is 2.13. The third-order valence-corrected chi connectivity index (χ3v) is 5.40. The van der Waals surface area contributed by atoms with Crippen molar-refractivity contribution in [1.29, 1.82) is 0 Å². The number of hydrogen-bond donors (Lipinski definition) is 1. The van der Waals surface area contributed by atoms with Crippen LogP contribution in [-0.4, -0.2) is 42.3 Å². The number of para-hydroxylation sites is 1. The zero-order chi connectivity index (χ0) is 20.1. The van der Waals surface area contributed by atoms with Gasteiger partial charge in [-0.15, -0.1) is 0 Å². The first-order valence-electron chi connectivity index (χ1n) is 9.05. The first kappa shape index (κ1) is 20.3. The van der Waals surface area contributed by atoms with Crippen LogP contribution in [-0.2, 0) is 21.2 Å². The smallest absolute Gasteiger partial charge is 0.175 e. The van der Waals surface area contributed by atoms with Crippen LogP contribution in [0.2, 0.25) is 0 Å². The van der Waals surface area contributed by atoms with Crippen LogP contribution in [0.1, 0.15) is 19.0 Å². The summed E-state index contributed by atoms with van der Waals surface area (Å²) in [4.78, 5) is 0.281. The molecule has 148 valence electrons. The maximum atomic E-state index is 11.7. The highest BCUT2D eigenvalue weighted by Crippen LogP contribution is 2.25. The summed E-state index contributed by atoms with van der Waals surface area (Å²) in [6.45, 7) is 2.51. The van der Waals surface area contributed by atoms with Crippen molar-refractivity contribution in [3.8, 4) is 16.9 Å². The molecule has 0 fully saturated rings. The molecule has 1 atom stereocenters. The molecule has 0 aliphatic carbocycles. The van der Waals surface area contributed by atoms with Gasteiger partial charge in [-0.25, -0.2) is 13.1 Å². The second-order valence-electron chi connectivity index (χ2n) is 6.76. The Labute approximate surface area is 165 Å². The van der Waals surface area contributed by atoms with E-state index in [1.54, 1.807) is 31.2 Å². The van der Waals surface area contributed by atoms with Crippen molar-refractivity contribution in [1.82, 2.24) is 9.78 Å². The van der Waals surface area contributed by atoms with Crippen LogP contribution in [0.15, 0.2) is 65.6 Å². The lowest BCUT2D eigenvalue weighted by Crippen LogP contribution is -2.06. The van der Waals surface area contributed by atoms with E-state index in [0.717, 1.165) is 22.6 Å². The third-order valence-electron chi connectivity index (χ3n) is 4.27. The minimum Gasteiger partial charge on any atom is -0.393 e. The van der Waals surface area contributed by atoms with E-state index in [-0.39, 0.29) is 4.90 Å². The summed E-state index contributed by atoms with van der Waals surface area (Å²) >= 11 is 0. The maximum absolute atomic E-state index is 11.7. The molecule has 2 aromatic carbocycles. The molecule has 0 bridgehead atoms. The van der Waals surface area contributed by atoms with Gasteiger partial charge in [0.05, 0.1) is 34.7 Å². The molecule has 0 spiro atoms. The van der Waals surface area contributed by atoms with Crippen molar-refractivity contribution >= 4 is 9.84 Å². The second-order valence-corrected chi connectivity index (χ2v) is 8.77. The van der Waals surface area contributed by atoms with Gasteiger partial charge in [0.2, 0.25) is 0 Å². The fourth-order valence-electron chi connectivity index (χ4n) is 2.78. The van der Waals surface area contributed by atoms with E-state index in [4.69, 9.17) is 4.74 Å².